The summed E-state index contributed by atoms with van der Waals surface area (Å²) in [6, 6.07) is 0. The Morgan fingerprint density at radius 1 is 1.43 bits per heavy atom. The van der Waals surface area contributed by atoms with Crippen LogP contribution in [0.2, 0.25) is 0 Å². The van der Waals surface area contributed by atoms with Gasteiger partial charge < -0.3 is 25.2 Å². The Morgan fingerprint density at radius 2 is 1.93 bits per heavy atom. The maximum absolute atomic E-state index is 10.5. The Kier molecular flexibility index (Phi) is 9.06. The zero-order valence-electron chi connectivity index (χ0n) is 5.97. The van der Waals surface area contributed by atoms with E-state index in [1.54, 1.807) is 0 Å². The number of cyclic esters (lactones) is 1. The van der Waals surface area contributed by atoms with Crippen molar-refractivity contribution >= 4 is 73.3 Å². The molecule has 4 N–H and O–H groups in total. The Bertz CT molecular complexity index is 242. The van der Waals surface area contributed by atoms with Crippen LogP contribution in [0.3, 0.4) is 0 Å². The molecule has 74 valence electrons. The summed E-state index contributed by atoms with van der Waals surface area (Å²) in [5.41, 5.74) is 0. The first-order valence-corrected chi connectivity index (χ1v) is 3.20. The Labute approximate surface area is 132 Å². The van der Waals surface area contributed by atoms with Crippen LogP contribution >= 0.6 is 0 Å². The van der Waals surface area contributed by atoms with Crippen molar-refractivity contribution in [1.82, 2.24) is 0 Å². The molecule has 0 saturated carbocycles. The van der Waals surface area contributed by atoms with E-state index in [0.29, 0.717) is 0 Å². The minimum atomic E-state index is -1.42. The van der Waals surface area contributed by atoms with Gasteiger partial charge in [-0.3, -0.25) is 0 Å². The fourth-order valence-corrected chi connectivity index (χ4v) is 0.823. The van der Waals surface area contributed by atoms with Crippen molar-refractivity contribution in [3.05, 3.63) is 11.5 Å². The van der Waals surface area contributed by atoms with E-state index in [9.17, 15) is 4.79 Å². The summed E-state index contributed by atoms with van der Waals surface area (Å²) in [6.45, 7) is -0.671. The van der Waals surface area contributed by atoms with Gasteiger partial charge in [-0.05, 0) is 0 Å². The van der Waals surface area contributed by atoms with Crippen molar-refractivity contribution in [3.8, 4) is 0 Å². The summed E-state index contributed by atoms with van der Waals surface area (Å²) in [5.74, 6) is -2.78. The second-order valence-corrected chi connectivity index (χ2v) is 2.31. The third-order valence-electron chi connectivity index (χ3n) is 1.48. The molecule has 0 bridgehead atoms. The molecule has 0 amide bonds. The fourth-order valence-electron chi connectivity index (χ4n) is 0.823. The molecule has 0 radical (unpaired) electrons. The third-order valence-corrected chi connectivity index (χ3v) is 1.48. The van der Waals surface area contributed by atoms with E-state index in [0.717, 1.165) is 0 Å². The quantitative estimate of drug-likeness (QED) is 0.304. The van der Waals surface area contributed by atoms with Gasteiger partial charge >= 0.3 is 73.3 Å². The minimum absolute atomic E-state index is 0. The van der Waals surface area contributed by atoms with E-state index in [2.05, 4.69) is 4.74 Å². The first-order valence-electron chi connectivity index (χ1n) is 3.20. The number of carbonyl (C=O) groups is 1. The molecule has 0 fully saturated rings. The van der Waals surface area contributed by atoms with E-state index >= 15 is 0 Å². The SMILES string of the molecule is O=C1O[C@H]([C@@H](O)CO)C(O)=C1O.[CaH2].[NaH]. The van der Waals surface area contributed by atoms with Crippen LogP contribution in [0.15, 0.2) is 11.5 Å². The van der Waals surface area contributed by atoms with Gasteiger partial charge in [-0.2, -0.15) is 0 Å². The summed E-state index contributed by atoms with van der Waals surface area (Å²) < 4.78 is 4.32. The summed E-state index contributed by atoms with van der Waals surface area (Å²) in [6.07, 6.45) is -2.78. The molecule has 0 aromatic rings. The number of rotatable bonds is 2. The molecule has 1 rings (SSSR count). The van der Waals surface area contributed by atoms with E-state index in [4.69, 9.17) is 20.4 Å². The Hall–Kier alpha value is 0.990. The summed E-state index contributed by atoms with van der Waals surface area (Å²) in [5, 5.41) is 35.0. The van der Waals surface area contributed by atoms with Gasteiger partial charge in [-0.15, -0.1) is 0 Å². The zero-order valence-corrected chi connectivity index (χ0v) is 5.97. The van der Waals surface area contributed by atoms with Gasteiger partial charge in [-0.25, -0.2) is 4.79 Å². The summed E-state index contributed by atoms with van der Waals surface area (Å²) >= 11 is 0. The van der Waals surface area contributed by atoms with Crippen LogP contribution in [0.4, 0.5) is 0 Å². The molecule has 8 heteroatoms. The Balaban J connectivity index is 0. The standard InChI is InChI=1S/C6H8O6.Ca.Na.3H/c7-1-2(8)5-3(9)4(10)6(11)12-5;;;;;/h2,5,7-10H,1H2;;;;;/t2-,5+;;;;;/m0...../s1. The van der Waals surface area contributed by atoms with Gasteiger partial charge in [0.1, 0.15) is 6.10 Å². The van der Waals surface area contributed by atoms with Crippen LogP contribution < -0.4 is 0 Å². The molecular weight excluding hydrogens is 231 g/mol. The predicted octanol–water partition coefficient (Wildman–Crippen LogP) is -2.97. The number of esters is 1. The van der Waals surface area contributed by atoms with Crippen molar-refractivity contribution in [2.24, 2.45) is 0 Å². The number of hydrogen-bond donors (Lipinski definition) is 4. The predicted molar refractivity (Wildman–Crippen MR) is 50.9 cm³/mol. The van der Waals surface area contributed by atoms with Crippen LogP contribution in [-0.2, 0) is 9.53 Å². The van der Waals surface area contributed by atoms with Crippen LogP contribution in [0.1, 0.15) is 0 Å². The molecule has 1 aliphatic heterocycles. The van der Waals surface area contributed by atoms with Gasteiger partial charge in [-0.1, -0.05) is 0 Å². The van der Waals surface area contributed by atoms with Crippen LogP contribution in [0.25, 0.3) is 0 Å². The van der Waals surface area contributed by atoms with E-state index < -0.39 is 36.3 Å². The molecule has 6 nitrogen and oxygen atoms in total. The van der Waals surface area contributed by atoms with Crippen LogP contribution in [-0.4, -0.2) is 113 Å². The average Bonchev–Trinajstić information content (AvgIpc) is 2.32. The van der Waals surface area contributed by atoms with E-state index in [-0.39, 0.29) is 67.3 Å². The van der Waals surface area contributed by atoms with Crippen molar-refractivity contribution in [1.29, 1.82) is 0 Å². The molecule has 0 spiro atoms. The van der Waals surface area contributed by atoms with Crippen LogP contribution in [0, 0.1) is 0 Å². The normalized spacial score (nSPS) is 22.1. The molecule has 1 aliphatic rings. The third kappa shape index (κ3) is 3.53. The number of carbonyl (C=O) groups excluding carboxylic acids is 1. The van der Waals surface area contributed by atoms with Crippen molar-refractivity contribution in [3.63, 3.8) is 0 Å². The molecule has 2 atom stereocenters. The molecule has 0 aromatic carbocycles. The molecule has 0 unspecified atom stereocenters. The first kappa shape index (κ1) is 17.4. The molecule has 14 heavy (non-hydrogen) atoms. The first-order chi connectivity index (χ1) is 5.57. The van der Waals surface area contributed by atoms with Crippen molar-refractivity contribution in [2.75, 3.05) is 6.61 Å². The van der Waals surface area contributed by atoms with Crippen molar-refractivity contribution in [2.45, 2.75) is 12.2 Å². The molecule has 1 heterocycles. The zero-order chi connectivity index (χ0) is 9.30. The molecular formula is C6H11CaNaO6. The van der Waals surface area contributed by atoms with Gasteiger partial charge in [0.15, 0.2) is 11.9 Å². The molecule has 0 saturated heterocycles. The van der Waals surface area contributed by atoms with Crippen LogP contribution in [0.5, 0.6) is 0 Å². The number of hydrogen-bond acceptors (Lipinski definition) is 6. The molecule has 0 aromatic heterocycles. The van der Waals surface area contributed by atoms with E-state index in [1.165, 1.54) is 0 Å². The monoisotopic (exact) mass is 242 g/mol. The van der Waals surface area contributed by atoms with E-state index in [1.807, 2.05) is 0 Å². The molecule has 0 aliphatic carbocycles. The topological polar surface area (TPSA) is 107 Å². The average molecular weight is 242 g/mol. The Morgan fingerprint density at radius 3 is 2.21 bits per heavy atom. The van der Waals surface area contributed by atoms with Gasteiger partial charge in [0, 0.05) is 0 Å². The van der Waals surface area contributed by atoms with Gasteiger partial charge in [0.25, 0.3) is 0 Å². The maximum atomic E-state index is 10.5. The number of aliphatic hydroxyl groups is 4. The number of aliphatic hydroxyl groups excluding tert-OH is 4. The van der Waals surface area contributed by atoms with Gasteiger partial charge in [0.2, 0.25) is 5.76 Å². The van der Waals surface area contributed by atoms with Gasteiger partial charge in [0.05, 0.1) is 6.61 Å². The van der Waals surface area contributed by atoms with Crippen molar-refractivity contribution < 1.29 is 30.0 Å². The number of ether oxygens (including phenoxy) is 1. The second kappa shape index (κ2) is 7.29. The summed E-state index contributed by atoms with van der Waals surface area (Å²) in [4.78, 5) is 10.5. The summed E-state index contributed by atoms with van der Waals surface area (Å²) in [7, 11) is 0. The fraction of sp³-hybridized carbons (Fsp3) is 0.500. The second-order valence-electron chi connectivity index (χ2n) is 2.31.